The van der Waals surface area contributed by atoms with Crippen molar-refractivity contribution in [3.63, 3.8) is 0 Å². The van der Waals surface area contributed by atoms with Crippen molar-refractivity contribution >= 4 is 27.3 Å². The fraction of sp³-hybridized carbons (Fsp3) is 0.364. The molecule has 0 N–H and O–H groups in total. The van der Waals surface area contributed by atoms with E-state index in [9.17, 15) is 9.59 Å². The summed E-state index contributed by atoms with van der Waals surface area (Å²) in [4.78, 5) is 25.1. The van der Waals surface area contributed by atoms with Crippen molar-refractivity contribution in [1.29, 1.82) is 0 Å². The van der Waals surface area contributed by atoms with Crippen LogP contribution in [0.25, 0.3) is 0 Å². The maximum Gasteiger partial charge on any atom is 0.351 e. The Morgan fingerprint density at radius 2 is 1.38 bits per heavy atom. The van der Waals surface area contributed by atoms with E-state index in [1.54, 1.807) is 0 Å². The third-order valence-corrected chi connectivity index (χ3v) is 4.44. The minimum Gasteiger partial charge on any atom is -0.465 e. The van der Waals surface area contributed by atoms with Gasteiger partial charge in [0.15, 0.2) is 4.86 Å². The van der Waals surface area contributed by atoms with Gasteiger partial charge < -0.3 is 9.47 Å². The first-order valence-electron chi connectivity index (χ1n) is 4.66. The van der Waals surface area contributed by atoms with Crippen LogP contribution in [0.3, 0.4) is 0 Å². The van der Waals surface area contributed by atoms with Crippen molar-refractivity contribution < 1.29 is 19.1 Å². The van der Waals surface area contributed by atoms with Gasteiger partial charge in [-0.2, -0.15) is 0 Å². The second-order valence-corrected chi connectivity index (χ2v) is 5.48. The highest BCUT2D eigenvalue weighted by Gasteiger charge is 2.27. The molecule has 0 unspecified atom stereocenters. The molecule has 1 heterocycles. The van der Waals surface area contributed by atoms with Crippen molar-refractivity contribution in [2.75, 3.05) is 14.2 Å². The second kappa shape index (κ2) is 5.12. The fourth-order valence-electron chi connectivity index (χ4n) is 1.38. The van der Waals surface area contributed by atoms with Gasteiger partial charge in [0.05, 0.1) is 14.2 Å². The molecule has 1 aliphatic heterocycles. The van der Waals surface area contributed by atoms with Gasteiger partial charge in [-0.25, -0.2) is 9.59 Å². The van der Waals surface area contributed by atoms with Crippen LogP contribution in [0.1, 0.15) is 13.8 Å². The quantitative estimate of drug-likeness (QED) is 0.419. The van der Waals surface area contributed by atoms with E-state index in [1.807, 2.05) is 26.0 Å². The summed E-state index contributed by atoms with van der Waals surface area (Å²) in [6, 6.07) is 0. The van der Waals surface area contributed by atoms with Crippen LogP contribution in [0.15, 0.2) is 22.0 Å². The Morgan fingerprint density at radius 1 is 1.00 bits per heavy atom. The van der Waals surface area contributed by atoms with Gasteiger partial charge in [-0.1, -0.05) is 12.2 Å². The molecule has 0 saturated heterocycles. The van der Waals surface area contributed by atoms with Gasteiger partial charge in [0.2, 0.25) is 0 Å². The lowest BCUT2D eigenvalue weighted by atomic mass is 10.4. The summed E-state index contributed by atoms with van der Waals surface area (Å²) < 4.78 is 9.24. The SMILES string of the molecule is COC(=O)C(C(=O)OC)=S1C(C)=CC=C1C. The molecule has 0 fully saturated rings. The molecule has 0 saturated carbocycles. The zero-order valence-electron chi connectivity index (χ0n) is 9.70. The Labute approximate surface area is 96.8 Å². The van der Waals surface area contributed by atoms with Crippen molar-refractivity contribution in [2.24, 2.45) is 0 Å². The summed E-state index contributed by atoms with van der Waals surface area (Å²) in [7, 11) is 1.88. The largest absolute Gasteiger partial charge is 0.465 e. The topological polar surface area (TPSA) is 52.6 Å². The van der Waals surface area contributed by atoms with Gasteiger partial charge in [0, 0.05) is 0 Å². The maximum absolute atomic E-state index is 11.6. The minimum atomic E-state index is -0.627. The predicted octanol–water partition coefficient (Wildman–Crippen LogP) is 1.59. The van der Waals surface area contributed by atoms with Crippen LogP contribution in [0.5, 0.6) is 0 Å². The Hall–Kier alpha value is -1.36. The van der Waals surface area contributed by atoms with Crippen LogP contribution in [-0.2, 0) is 19.1 Å². The molecule has 16 heavy (non-hydrogen) atoms. The highest BCUT2D eigenvalue weighted by Crippen LogP contribution is 2.40. The van der Waals surface area contributed by atoms with Crippen LogP contribution in [0.4, 0.5) is 0 Å². The van der Waals surface area contributed by atoms with E-state index in [2.05, 4.69) is 9.47 Å². The summed E-state index contributed by atoms with van der Waals surface area (Å²) in [5.41, 5.74) is 0. The summed E-state index contributed by atoms with van der Waals surface area (Å²) in [6.45, 7) is 3.75. The number of hydrogen-bond acceptors (Lipinski definition) is 4. The molecular weight excluding hydrogens is 228 g/mol. The summed E-state index contributed by atoms with van der Waals surface area (Å²) in [6.07, 6.45) is 3.79. The van der Waals surface area contributed by atoms with E-state index < -0.39 is 22.4 Å². The van der Waals surface area contributed by atoms with Crippen molar-refractivity contribution in [2.45, 2.75) is 13.8 Å². The van der Waals surface area contributed by atoms with E-state index in [1.165, 1.54) is 14.2 Å². The Bertz CT molecular complexity index is 391. The number of hydrogen-bond donors (Lipinski definition) is 0. The number of esters is 2. The predicted molar refractivity (Wildman–Crippen MR) is 64.1 cm³/mol. The molecule has 4 nitrogen and oxygen atoms in total. The van der Waals surface area contributed by atoms with Gasteiger partial charge >= 0.3 is 11.9 Å². The van der Waals surface area contributed by atoms with E-state index >= 15 is 0 Å². The van der Waals surface area contributed by atoms with Crippen LogP contribution in [-0.4, -0.2) is 31.0 Å². The molecule has 0 bridgehead atoms. The lowest BCUT2D eigenvalue weighted by molar-refractivity contribution is -0.137. The number of ether oxygens (including phenoxy) is 2. The molecular formula is C11H14O4S. The summed E-state index contributed by atoms with van der Waals surface area (Å²) in [5, 5.41) is 0. The van der Waals surface area contributed by atoms with Gasteiger partial charge in [-0.05, 0) is 23.7 Å². The zero-order valence-corrected chi connectivity index (χ0v) is 10.5. The average molecular weight is 242 g/mol. The van der Waals surface area contributed by atoms with Crippen LogP contribution >= 0.6 is 10.5 Å². The molecule has 88 valence electrons. The van der Waals surface area contributed by atoms with Gasteiger partial charge in [0.25, 0.3) is 0 Å². The van der Waals surface area contributed by atoms with E-state index in [0.717, 1.165) is 9.81 Å². The Balaban J connectivity index is 3.35. The highest BCUT2D eigenvalue weighted by atomic mass is 32.2. The van der Waals surface area contributed by atoms with Crippen molar-refractivity contribution in [3.05, 3.63) is 22.0 Å². The molecule has 1 rings (SSSR count). The third kappa shape index (κ3) is 2.24. The standard InChI is InChI=1S/C11H14O4S/c1-7-5-6-8(2)16(7)9(10(12)14-3)11(13)15-4/h5-6H,1-4H3. The molecule has 0 aliphatic carbocycles. The molecule has 0 spiro atoms. The summed E-state index contributed by atoms with van der Waals surface area (Å²) in [5.74, 6) is -1.25. The number of carbonyl (C=O) groups is 2. The first kappa shape index (κ1) is 12.7. The Morgan fingerprint density at radius 3 is 1.69 bits per heavy atom. The molecule has 0 amide bonds. The normalized spacial score (nSPS) is 15.2. The molecule has 5 heteroatoms. The molecule has 0 aromatic carbocycles. The van der Waals surface area contributed by atoms with Crippen molar-refractivity contribution in [3.8, 4) is 0 Å². The van der Waals surface area contributed by atoms with Crippen LogP contribution in [0, 0.1) is 0 Å². The average Bonchev–Trinajstić information content (AvgIpc) is 2.60. The maximum atomic E-state index is 11.6. The molecule has 1 aliphatic rings. The molecule has 0 radical (unpaired) electrons. The number of allylic oxidation sites excluding steroid dienone is 4. The number of methoxy groups -OCH3 is 2. The van der Waals surface area contributed by atoms with Gasteiger partial charge in [-0.3, -0.25) is 0 Å². The lowest BCUT2D eigenvalue weighted by Gasteiger charge is -2.11. The zero-order chi connectivity index (χ0) is 12.3. The van der Waals surface area contributed by atoms with E-state index in [-0.39, 0.29) is 4.86 Å². The first-order chi connectivity index (χ1) is 7.52. The molecule has 0 aromatic rings. The molecule has 0 aromatic heterocycles. The Kier molecular flexibility index (Phi) is 4.06. The van der Waals surface area contributed by atoms with Gasteiger partial charge in [0.1, 0.15) is 0 Å². The fourth-order valence-corrected chi connectivity index (χ4v) is 3.44. The van der Waals surface area contributed by atoms with Crippen LogP contribution in [0.2, 0.25) is 0 Å². The smallest absolute Gasteiger partial charge is 0.351 e. The number of carbonyl (C=O) groups excluding carboxylic acids is 2. The first-order valence-corrected chi connectivity index (χ1v) is 5.88. The second-order valence-electron chi connectivity index (χ2n) is 3.17. The minimum absolute atomic E-state index is 0.0602. The van der Waals surface area contributed by atoms with E-state index in [0.29, 0.717) is 0 Å². The molecule has 0 atom stereocenters. The van der Waals surface area contributed by atoms with Crippen molar-refractivity contribution in [1.82, 2.24) is 0 Å². The lowest BCUT2D eigenvalue weighted by Crippen LogP contribution is -2.26. The highest BCUT2D eigenvalue weighted by molar-refractivity contribution is 8.24. The monoisotopic (exact) mass is 242 g/mol. The van der Waals surface area contributed by atoms with Gasteiger partial charge in [-0.15, -0.1) is 10.5 Å². The number of rotatable bonds is 2. The van der Waals surface area contributed by atoms with E-state index in [4.69, 9.17) is 0 Å². The third-order valence-electron chi connectivity index (χ3n) is 2.14. The van der Waals surface area contributed by atoms with Crippen LogP contribution < -0.4 is 0 Å². The summed E-state index contributed by atoms with van der Waals surface area (Å²) >= 11 is 0.